The van der Waals surface area contributed by atoms with Crippen LogP contribution in [0, 0.1) is 0 Å². The molecular formula is C8H7B5O. The molecule has 0 bridgehead atoms. The number of carbonyl (C=O) groups is 1. The molecule has 0 saturated heterocycles. The van der Waals surface area contributed by atoms with Crippen LogP contribution in [0.4, 0.5) is 0 Å². The van der Waals surface area contributed by atoms with E-state index in [1.54, 1.807) is 0 Å². The molecule has 60 valence electrons. The highest BCUT2D eigenvalue weighted by atomic mass is 16.1. The second-order valence-corrected chi connectivity index (χ2v) is 4.16. The molecule has 1 aliphatic carbocycles. The van der Waals surface area contributed by atoms with E-state index in [0.29, 0.717) is 6.29 Å². The maximum Gasteiger partial charge on any atom is 0.142 e. The molecule has 10 radical (unpaired) electrons. The lowest BCUT2D eigenvalue weighted by Crippen LogP contribution is -2.26. The number of allylic oxidation sites excluding steroid dienone is 2. The maximum atomic E-state index is 10.2. The second-order valence-electron chi connectivity index (χ2n) is 4.16. The van der Waals surface area contributed by atoms with Crippen molar-refractivity contribution in [2.24, 2.45) is 0 Å². The Morgan fingerprint density at radius 2 is 1.36 bits per heavy atom. The Morgan fingerprint density at radius 3 is 1.71 bits per heavy atom. The first-order valence-corrected chi connectivity index (χ1v) is 4.30. The van der Waals surface area contributed by atoms with E-state index < -0.39 is 15.7 Å². The highest BCUT2D eigenvalue weighted by Gasteiger charge is 2.48. The minimum Gasteiger partial charge on any atom is -0.299 e. The summed E-state index contributed by atoms with van der Waals surface area (Å²) in [6.07, 6.45) is 3.97. The molecule has 0 aliphatic heterocycles. The lowest BCUT2D eigenvalue weighted by molar-refractivity contribution is -0.104. The first-order valence-electron chi connectivity index (χ1n) is 4.30. The van der Waals surface area contributed by atoms with Gasteiger partial charge in [-0.15, -0.1) is 10.4 Å². The largest absolute Gasteiger partial charge is 0.299 e. The maximum absolute atomic E-state index is 10.2. The van der Waals surface area contributed by atoms with Gasteiger partial charge in [0.25, 0.3) is 0 Å². The molecular weight excluding hydrogens is 166 g/mol. The Hall–Kier alpha value is -0.265. The zero-order valence-electron chi connectivity index (χ0n) is 7.94. The fraction of sp³-hybridized carbons (Fsp3) is 0.625. The Morgan fingerprint density at radius 1 is 0.929 bits per heavy atom. The van der Waals surface area contributed by atoms with Gasteiger partial charge in [0.2, 0.25) is 0 Å². The molecule has 1 saturated carbocycles. The van der Waals surface area contributed by atoms with E-state index in [-0.39, 0.29) is 12.8 Å². The smallest absolute Gasteiger partial charge is 0.142 e. The van der Waals surface area contributed by atoms with Gasteiger partial charge in [-0.1, -0.05) is 24.2 Å². The molecule has 6 heteroatoms. The van der Waals surface area contributed by atoms with Crippen molar-refractivity contribution in [1.82, 2.24) is 0 Å². The Bertz CT molecular complexity index is 255. The van der Waals surface area contributed by atoms with Crippen LogP contribution < -0.4 is 0 Å². The van der Waals surface area contributed by atoms with Gasteiger partial charge in [-0.2, -0.15) is 0 Å². The lowest BCUT2D eigenvalue weighted by Gasteiger charge is -2.36. The average Bonchev–Trinajstić information content (AvgIpc) is 2.13. The van der Waals surface area contributed by atoms with Crippen molar-refractivity contribution in [3.05, 3.63) is 12.2 Å². The minimum absolute atomic E-state index is 0.247. The fourth-order valence-electron chi connectivity index (χ4n) is 1.83. The van der Waals surface area contributed by atoms with E-state index in [1.807, 2.05) is 0 Å². The molecule has 0 unspecified atom stereocenters. The molecule has 0 spiro atoms. The fourth-order valence-corrected chi connectivity index (χ4v) is 1.83. The third-order valence-corrected chi connectivity index (χ3v) is 2.62. The molecule has 0 heterocycles. The van der Waals surface area contributed by atoms with E-state index in [1.165, 1.54) is 12.2 Å². The summed E-state index contributed by atoms with van der Waals surface area (Å²) in [4.78, 5) is 10.2. The van der Waals surface area contributed by atoms with Gasteiger partial charge in [0.15, 0.2) is 0 Å². The molecule has 1 fully saturated rings. The van der Waals surface area contributed by atoms with Crippen molar-refractivity contribution in [2.45, 2.75) is 28.6 Å². The molecule has 0 aromatic rings. The van der Waals surface area contributed by atoms with Crippen LogP contribution in [0.5, 0.6) is 0 Å². The SMILES string of the molecule is [B]C1(/C=C/C=O)CC([B])([B])C([B])([B])C1. The predicted octanol–water partition coefficient (Wildman–Crippen LogP) is -0.231. The monoisotopic (exact) mass is 174 g/mol. The number of hydrogen-bond acceptors (Lipinski definition) is 1. The van der Waals surface area contributed by atoms with E-state index in [0.717, 1.165) is 0 Å². The molecule has 0 N–H and O–H groups in total. The summed E-state index contributed by atoms with van der Waals surface area (Å²) in [5.41, 5.74) is 0. The number of carbonyl (C=O) groups excluding carboxylic acids is 1. The van der Waals surface area contributed by atoms with Crippen molar-refractivity contribution in [3.8, 4) is 0 Å². The van der Waals surface area contributed by atoms with Gasteiger partial charge in [-0.25, -0.2) is 0 Å². The molecule has 0 atom stereocenters. The van der Waals surface area contributed by atoms with Gasteiger partial charge in [-0.3, -0.25) is 4.79 Å². The van der Waals surface area contributed by atoms with Crippen molar-refractivity contribution in [1.29, 1.82) is 0 Å². The van der Waals surface area contributed by atoms with Crippen molar-refractivity contribution in [2.75, 3.05) is 0 Å². The van der Waals surface area contributed by atoms with Crippen LogP contribution in [0.15, 0.2) is 12.2 Å². The summed E-state index contributed by atoms with van der Waals surface area (Å²) in [6.45, 7) is 0. The third kappa shape index (κ3) is 2.04. The quantitative estimate of drug-likeness (QED) is 0.320. The van der Waals surface area contributed by atoms with Crippen LogP contribution in [0.25, 0.3) is 0 Å². The molecule has 0 amide bonds. The summed E-state index contributed by atoms with van der Waals surface area (Å²) in [6, 6.07) is 0. The topological polar surface area (TPSA) is 17.1 Å². The normalized spacial score (nSPS) is 27.7. The van der Waals surface area contributed by atoms with E-state index >= 15 is 0 Å². The first kappa shape index (κ1) is 11.8. The van der Waals surface area contributed by atoms with E-state index in [4.69, 9.17) is 39.2 Å². The molecule has 14 heavy (non-hydrogen) atoms. The number of rotatable bonds is 2. The summed E-state index contributed by atoms with van der Waals surface area (Å²) in [5.74, 6) is 0. The van der Waals surface area contributed by atoms with Crippen molar-refractivity contribution < 1.29 is 4.79 Å². The van der Waals surface area contributed by atoms with Gasteiger partial charge < -0.3 is 0 Å². The van der Waals surface area contributed by atoms with Crippen LogP contribution in [-0.2, 0) is 4.79 Å². The Labute approximate surface area is 91.5 Å². The van der Waals surface area contributed by atoms with Gasteiger partial charge in [-0.05, 0) is 6.08 Å². The predicted molar refractivity (Wildman–Crippen MR) is 61.3 cm³/mol. The molecule has 0 aromatic heterocycles. The highest BCUT2D eigenvalue weighted by molar-refractivity contribution is 6.55. The van der Waals surface area contributed by atoms with Gasteiger partial charge in [0, 0.05) is 0 Å². The van der Waals surface area contributed by atoms with Crippen LogP contribution in [-0.4, -0.2) is 45.5 Å². The standard InChI is InChI=1S/C8H7B5O/c9-6(2-1-3-14)4-7(10,11)8(12,13)5-6/h1-3H,4-5H2/b2-1+. The Kier molecular flexibility index (Phi) is 2.86. The zero-order chi connectivity index (χ0) is 11.0. The Balaban J connectivity index is 2.90. The lowest BCUT2D eigenvalue weighted by atomic mass is 9.31. The molecule has 0 aromatic carbocycles. The van der Waals surface area contributed by atoms with Gasteiger partial charge >= 0.3 is 0 Å². The first-order chi connectivity index (χ1) is 6.22. The van der Waals surface area contributed by atoms with Crippen LogP contribution in [0.2, 0.25) is 15.7 Å². The number of aldehydes is 1. The van der Waals surface area contributed by atoms with E-state index in [9.17, 15) is 4.79 Å². The average molecular weight is 173 g/mol. The van der Waals surface area contributed by atoms with Gasteiger partial charge in [0.05, 0.1) is 39.2 Å². The molecule has 1 aliphatic rings. The summed E-state index contributed by atoms with van der Waals surface area (Å²) in [5, 5.41) is -3.22. The summed E-state index contributed by atoms with van der Waals surface area (Å²) >= 11 is 0. The second kappa shape index (κ2) is 3.39. The van der Waals surface area contributed by atoms with Crippen LogP contribution >= 0.6 is 0 Å². The third-order valence-electron chi connectivity index (χ3n) is 2.62. The van der Waals surface area contributed by atoms with Crippen LogP contribution in [0.3, 0.4) is 0 Å². The number of hydrogen-bond donors (Lipinski definition) is 0. The van der Waals surface area contributed by atoms with Crippen molar-refractivity contribution in [3.63, 3.8) is 0 Å². The van der Waals surface area contributed by atoms with E-state index in [2.05, 4.69) is 0 Å². The van der Waals surface area contributed by atoms with Crippen LogP contribution in [0.1, 0.15) is 12.8 Å². The molecule has 1 rings (SSSR count). The van der Waals surface area contributed by atoms with Gasteiger partial charge in [0.1, 0.15) is 6.29 Å². The minimum atomic E-state index is -1.21. The zero-order valence-corrected chi connectivity index (χ0v) is 7.94. The summed E-state index contributed by atoms with van der Waals surface area (Å²) in [7, 11) is 28.8. The highest BCUT2D eigenvalue weighted by Crippen LogP contribution is 2.65. The van der Waals surface area contributed by atoms with Crippen molar-refractivity contribution >= 4 is 45.5 Å². The summed E-state index contributed by atoms with van der Waals surface area (Å²) < 4.78 is 0. The molecule has 1 nitrogen and oxygen atoms in total.